The van der Waals surface area contributed by atoms with Crippen molar-refractivity contribution < 1.29 is 14.6 Å². The number of methoxy groups -OCH3 is 1. The van der Waals surface area contributed by atoms with Gasteiger partial charge in [-0.15, -0.1) is 0 Å². The molecule has 0 aromatic heterocycles. The zero-order chi connectivity index (χ0) is 14.8. The van der Waals surface area contributed by atoms with Crippen molar-refractivity contribution in [3.8, 4) is 5.75 Å². The Morgan fingerprint density at radius 2 is 2.00 bits per heavy atom. The lowest BCUT2D eigenvalue weighted by atomic mass is 10.0. The number of aliphatic hydroxyl groups is 1. The largest absolute Gasteiger partial charge is 0.496 e. The van der Waals surface area contributed by atoms with E-state index in [0.717, 1.165) is 29.4 Å². The molecule has 4 nitrogen and oxygen atoms in total. The molecular weight excluding hydrogens is 266 g/mol. The van der Waals surface area contributed by atoms with Gasteiger partial charge >= 0.3 is 0 Å². The number of benzene rings is 2. The highest BCUT2D eigenvalue weighted by Crippen LogP contribution is 2.29. The number of carbonyl (C=O) groups is 1. The summed E-state index contributed by atoms with van der Waals surface area (Å²) in [6.07, 6.45) is 1.21. The molecule has 4 heteroatoms. The van der Waals surface area contributed by atoms with E-state index in [2.05, 4.69) is 0 Å². The number of piperidine rings is 1. The number of ether oxygens (including phenoxy) is 1. The molecule has 0 bridgehead atoms. The van der Waals surface area contributed by atoms with Crippen LogP contribution in [0.5, 0.6) is 5.75 Å². The van der Waals surface area contributed by atoms with E-state index in [1.807, 2.05) is 36.4 Å². The maximum Gasteiger partial charge on any atom is 0.254 e. The van der Waals surface area contributed by atoms with Crippen LogP contribution in [-0.4, -0.2) is 42.2 Å². The summed E-state index contributed by atoms with van der Waals surface area (Å²) in [6, 6.07) is 11.4. The van der Waals surface area contributed by atoms with Crippen LogP contribution in [0.1, 0.15) is 23.2 Å². The molecule has 0 saturated carbocycles. The van der Waals surface area contributed by atoms with Gasteiger partial charge in [-0.2, -0.15) is 0 Å². The number of β-amino-alcohol motifs (C(OH)–C–C–N with tert-alkyl or cyclic N) is 1. The van der Waals surface area contributed by atoms with E-state index < -0.39 is 6.10 Å². The summed E-state index contributed by atoms with van der Waals surface area (Å²) in [5.74, 6) is 0.744. The Kier molecular flexibility index (Phi) is 3.80. The molecule has 1 N–H and O–H groups in total. The Balaban J connectivity index is 2.02. The predicted octanol–water partition coefficient (Wildman–Crippen LogP) is 2.45. The quantitative estimate of drug-likeness (QED) is 0.922. The van der Waals surface area contributed by atoms with Crippen LogP contribution < -0.4 is 4.74 Å². The van der Waals surface area contributed by atoms with Crippen LogP contribution >= 0.6 is 0 Å². The Morgan fingerprint density at radius 1 is 1.24 bits per heavy atom. The number of hydrogen-bond acceptors (Lipinski definition) is 3. The molecule has 1 fully saturated rings. The molecule has 21 heavy (non-hydrogen) atoms. The summed E-state index contributed by atoms with van der Waals surface area (Å²) in [5, 5.41) is 11.6. The highest BCUT2D eigenvalue weighted by atomic mass is 16.5. The van der Waals surface area contributed by atoms with Gasteiger partial charge in [0, 0.05) is 24.0 Å². The minimum absolute atomic E-state index is 0.0207. The van der Waals surface area contributed by atoms with E-state index in [0.29, 0.717) is 18.7 Å². The second-order valence-corrected chi connectivity index (χ2v) is 5.41. The first-order chi connectivity index (χ1) is 10.2. The summed E-state index contributed by atoms with van der Waals surface area (Å²) in [5.41, 5.74) is 0.667. The van der Waals surface area contributed by atoms with Crippen molar-refractivity contribution in [2.24, 2.45) is 0 Å². The number of hydrogen-bond donors (Lipinski definition) is 1. The van der Waals surface area contributed by atoms with Crippen LogP contribution in [0.4, 0.5) is 0 Å². The van der Waals surface area contributed by atoms with E-state index in [1.165, 1.54) is 0 Å². The Morgan fingerprint density at radius 3 is 2.71 bits per heavy atom. The molecule has 2 aromatic carbocycles. The van der Waals surface area contributed by atoms with Crippen LogP contribution in [-0.2, 0) is 0 Å². The van der Waals surface area contributed by atoms with Gasteiger partial charge in [0.15, 0.2) is 0 Å². The summed E-state index contributed by atoms with van der Waals surface area (Å²) in [6.45, 7) is 1.12. The number of fused-ring (bicyclic) bond motifs is 1. The average molecular weight is 285 g/mol. The second-order valence-electron chi connectivity index (χ2n) is 5.41. The minimum atomic E-state index is -0.410. The summed E-state index contributed by atoms with van der Waals surface area (Å²) in [7, 11) is 1.63. The first kappa shape index (κ1) is 13.9. The van der Waals surface area contributed by atoms with Crippen molar-refractivity contribution in [3.05, 3.63) is 42.0 Å². The van der Waals surface area contributed by atoms with Gasteiger partial charge in [0.2, 0.25) is 0 Å². The average Bonchev–Trinajstić information content (AvgIpc) is 2.53. The molecule has 1 amide bonds. The van der Waals surface area contributed by atoms with E-state index in [9.17, 15) is 9.90 Å². The molecular formula is C17H19NO3. The normalized spacial score (nSPS) is 18.8. The number of nitrogens with zero attached hydrogens (tertiary/aromatic N) is 1. The van der Waals surface area contributed by atoms with Gasteiger partial charge in [0.05, 0.1) is 13.2 Å². The molecule has 2 aromatic rings. The predicted molar refractivity (Wildman–Crippen MR) is 81.6 cm³/mol. The van der Waals surface area contributed by atoms with E-state index in [4.69, 9.17) is 4.74 Å². The van der Waals surface area contributed by atoms with E-state index in [1.54, 1.807) is 12.0 Å². The third kappa shape index (κ3) is 2.59. The maximum absolute atomic E-state index is 12.7. The van der Waals surface area contributed by atoms with Crippen LogP contribution in [0.25, 0.3) is 10.8 Å². The number of amides is 1. The molecule has 0 spiro atoms. The standard InChI is InChI=1S/C17H19NO3/c1-21-16-9-8-15(13-6-2-3-7-14(13)16)17(20)18-10-4-5-12(19)11-18/h2-3,6-9,12,19H,4-5,10-11H2,1H3. The molecule has 1 unspecified atom stereocenters. The van der Waals surface area contributed by atoms with Crippen LogP contribution in [0, 0.1) is 0 Å². The van der Waals surface area contributed by atoms with Crippen molar-refractivity contribution in [3.63, 3.8) is 0 Å². The Labute approximate surface area is 123 Å². The maximum atomic E-state index is 12.7. The number of rotatable bonds is 2. The summed E-state index contributed by atoms with van der Waals surface area (Å²) >= 11 is 0. The smallest absolute Gasteiger partial charge is 0.254 e. The van der Waals surface area contributed by atoms with Crippen molar-refractivity contribution in [2.45, 2.75) is 18.9 Å². The lowest BCUT2D eigenvalue weighted by Crippen LogP contribution is -2.42. The highest BCUT2D eigenvalue weighted by Gasteiger charge is 2.24. The summed E-state index contributed by atoms with van der Waals surface area (Å²) in [4.78, 5) is 14.5. The Bertz CT molecular complexity index is 668. The van der Waals surface area contributed by atoms with Gasteiger partial charge in [-0.05, 0) is 30.4 Å². The van der Waals surface area contributed by atoms with E-state index >= 15 is 0 Å². The van der Waals surface area contributed by atoms with Crippen molar-refractivity contribution in [1.29, 1.82) is 0 Å². The van der Waals surface area contributed by atoms with Gasteiger partial charge in [0.1, 0.15) is 5.75 Å². The Hall–Kier alpha value is -2.07. The van der Waals surface area contributed by atoms with Gasteiger partial charge in [-0.25, -0.2) is 0 Å². The lowest BCUT2D eigenvalue weighted by molar-refractivity contribution is 0.0475. The third-order valence-corrected chi connectivity index (χ3v) is 4.02. The molecule has 1 aliphatic rings. The van der Waals surface area contributed by atoms with Crippen LogP contribution in [0.15, 0.2) is 36.4 Å². The highest BCUT2D eigenvalue weighted by molar-refractivity contribution is 6.08. The number of aliphatic hydroxyl groups excluding tert-OH is 1. The molecule has 1 heterocycles. The molecule has 0 aliphatic carbocycles. The zero-order valence-corrected chi connectivity index (χ0v) is 12.1. The van der Waals surface area contributed by atoms with Crippen molar-refractivity contribution >= 4 is 16.7 Å². The van der Waals surface area contributed by atoms with Gasteiger partial charge in [-0.3, -0.25) is 4.79 Å². The molecule has 1 atom stereocenters. The minimum Gasteiger partial charge on any atom is -0.496 e. The van der Waals surface area contributed by atoms with Gasteiger partial charge in [0.25, 0.3) is 5.91 Å². The fourth-order valence-electron chi connectivity index (χ4n) is 2.95. The molecule has 110 valence electrons. The van der Waals surface area contributed by atoms with Gasteiger partial charge in [-0.1, -0.05) is 24.3 Å². The van der Waals surface area contributed by atoms with Crippen LogP contribution in [0.2, 0.25) is 0 Å². The fourth-order valence-corrected chi connectivity index (χ4v) is 2.95. The van der Waals surface area contributed by atoms with Crippen molar-refractivity contribution in [1.82, 2.24) is 4.90 Å². The lowest BCUT2D eigenvalue weighted by Gasteiger charge is -2.30. The van der Waals surface area contributed by atoms with Crippen molar-refractivity contribution in [2.75, 3.05) is 20.2 Å². The second kappa shape index (κ2) is 5.74. The van der Waals surface area contributed by atoms with E-state index in [-0.39, 0.29) is 5.91 Å². The summed E-state index contributed by atoms with van der Waals surface area (Å²) < 4.78 is 5.36. The number of carbonyl (C=O) groups excluding carboxylic acids is 1. The van der Waals surface area contributed by atoms with Gasteiger partial charge < -0.3 is 14.7 Å². The zero-order valence-electron chi connectivity index (χ0n) is 12.1. The first-order valence-corrected chi connectivity index (χ1v) is 7.24. The topological polar surface area (TPSA) is 49.8 Å². The third-order valence-electron chi connectivity index (χ3n) is 4.02. The molecule has 3 rings (SSSR count). The fraction of sp³-hybridized carbons (Fsp3) is 0.353. The van der Waals surface area contributed by atoms with Crippen LogP contribution in [0.3, 0.4) is 0 Å². The first-order valence-electron chi connectivity index (χ1n) is 7.24. The monoisotopic (exact) mass is 285 g/mol. The molecule has 1 saturated heterocycles. The molecule has 0 radical (unpaired) electrons. The SMILES string of the molecule is COc1ccc(C(=O)N2CCCC(O)C2)c2ccccc12. The molecule has 1 aliphatic heterocycles. The number of likely N-dealkylation sites (tertiary alicyclic amines) is 1.